The van der Waals surface area contributed by atoms with Crippen molar-refractivity contribution in [2.24, 2.45) is 0 Å². The third kappa shape index (κ3) is 4.21. The molecule has 2 aromatic heterocycles. The Morgan fingerprint density at radius 2 is 1.94 bits per heavy atom. The van der Waals surface area contributed by atoms with Gasteiger partial charge in [-0.3, -0.25) is 14.9 Å². The number of hydrogen-bond donors (Lipinski definition) is 1. The van der Waals surface area contributed by atoms with E-state index in [9.17, 15) is 20.2 Å². The maximum absolute atomic E-state index is 13.0. The fraction of sp³-hybridized carbons (Fsp3) is 0.217. The lowest BCUT2D eigenvalue weighted by molar-refractivity contribution is -0.384. The van der Waals surface area contributed by atoms with Gasteiger partial charge in [0.05, 0.1) is 16.0 Å². The number of aryl methyl sites for hydroxylation is 1. The standard InChI is InChI=1S/C23H19ClN6O3/c1-2-3-6-11-29-21(28-23(31)14-9-10-16(24)19(12-14)30(32)33)15(13-25)20-22(29)27-18-8-5-4-7-17(18)26-20/h4-5,7-10,12H,2-3,6,11H2,1H3,(H,28,31). The van der Waals surface area contributed by atoms with Crippen LogP contribution in [0.2, 0.25) is 5.02 Å². The maximum atomic E-state index is 13.0. The van der Waals surface area contributed by atoms with Crippen LogP contribution in [0.1, 0.15) is 42.1 Å². The third-order valence-corrected chi connectivity index (χ3v) is 5.60. The van der Waals surface area contributed by atoms with Gasteiger partial charge in [-0.1, -0.05) is 43.5 Å². The van der Waals surface area contributed by atoms with Crippen molar-refractivity contribution >= 4 is 51.2 Å². The van der Waals surface area contributed by atoms with Crippen molar-refractivity contribution in [2.45, 2.75) is 32.7 Å². The quantitative estimate of drug-likeness (QED) is 0.220. The first-order valence-corrected chi connectivity index (χ1v) is 10.8. The summed E-state index contributed by atoms with van der Waals surface area (Å²) in [6, 6.07) is 13.3. The highest BCUT2D eigenvalue weighted by Gasteiger charge is 2.23. The summed E-state index contributed by atoms with van der Waals surface area (Å²) in [6.07, 6.45) is 2.77. The molecule has 2 heterocycles. The van der Waals surface area contributed by atoms with Crippen LogP contribution in [0.15, 0.2) is 42.5 Å². The molecule has 33 heavy (non-hydrogen) atoms. The molecule has 0 saturated heterocycles. The molecule has 0 bridgehead atoms. The van der Waals surface area contributed by atoms with Gasteiger partial charge in [0.1, 0.15) is 28.0 Å². The zero-order valence-corrected chi connectivity index (χ0v) is 18.5. The first-order chi connectivity index (χ1) is 15.9. The summed E-state index contributed by atoms with van der Waals surface area (Å²) in [5.74, 6) is -0.336. The van der Waals surface area contributed by atoms with Gasteiger partial charge >= 0.3 is 0 Å². The molecule has 2 aromatic carbocycles. The number of nitriles is 1. The van der Waals surface area contributed by atoms with Gasteiger partial charge in [0, 0.05) is 18.2 Å². The number of nitro groups is 1. The van der Waals surface area contributed by atoms with E-state index in [1.807, 2.05) is 24.3 Å². The number of hydrogen-bond acceptors (Lipinski definition) is 6. The SMILES string of the molecule is CCCCCn1c(NC(=O)c2ccc(Cl)c([N+](=O)[O-])c2)c(C#N)c2nc3ccccc3nc21. The van der Waals surface area contributed by atoms with E-state index in [4.69, 9.17) is 16.6 Å². The molecule has 0 aliphatic heterocycles. The van der Waals surface area contributed by atoms with Crippen molar-refractivity contribution in [3.63, 3.8) is 0 Å². The number of nitro benzene ring substituents is 1. The number of fused-ring (bicyclic) bond motifs is 2. The highest BCUT2D eigenvalue weighted by atomic mass is 35.5. The molecule has 1 amide bonds. The Hall–Kier alpha value is -4.03. The van der Waals surface area contributed by atoms with Crippen LogP contribution < -0.4 is 5.32 Å². The fourth-order valence-corrected chi connectivity index (χ4v) is 3.83. The molecule has 0 aliphatic rings. The Morgan fingerprint density at radius 3 is 2.61 bits per heavy atom. The van der Waals surface area contributed by atoms with Gasteiger partial charge in [-0.05, 0) is 30.7 Å². The van der Waals surface area contributed by atoms with Crippen LogP contribution in [-0.4, -0.2) is 25.4 Å². The molecule has 4 aromatic rings. The number of para-hydroxylation sites is 2. The first kappa shape index (κ1) is 22.2. The predicted molar refractivity (Wildman–Crippen MR) is 125 cm³/mol. The number of nitrogens with zero attached hydrogens (tertiary/aromatic N) is 5. The summed E-state index contributed by atoms with van der Waals surface area (Å²) < 4.78 is 1.78. The van der Waals surface area contributed by atoms with Crippen molar-refractivity contribution in [3.8, 4) is 6.07 Å². The lowest BCUT2D eigenvalue weighted by Crippen LogP contribution is -2.16. The molecule has 0 atom stereocenters. The van der Waals surface area contributed by atoms with Crippen molar-refractivity contribution < 1.29 is 9.72 Å². The number of nitrogens with one attached hydrogen (secondary N) is 1. The lowest BCUT2D eigenvalue weighted by atomic mass is 10.2. The summed E-state index contributed by atoms with van der Waals surface area (Å²) in [4.78, 5) is 32.9. The summed E-state index contributed by atoms with van der Waals surface area (Å²) >= 11 is 5.87. The molecule has 9 nitrogen and oxygen atoms in total. The van der Waals surface area contributed by atoms with Crippen LogP contribution in [0.25, 0.3) is 22.2 Å². The normalized spacial score (nSPS) is 10.9. The minimum Gasteiger partial charge on any atom is -0.309 e. The van der Waals surface area contributed by atoms with Gasteiger partial charge in [-0.2, -0.15) is 5.26 Å². The van der Waals surface area contributed by atoms with Crippen LogP contribution in [0, 0.1) is 21.4 Å². The second-order valence-corrected chi connectivity index (χ2v) is 7.86. The van der Waals surface area contributed by atoms with E-state index in [1.54, 1.807) is 4.57 Å². The van der Waals surface area contributed by atoms with Crippen molar-refractivity contribution in [2.75, 3.05) is 5.32 Å². The molecule has 0 saturated carbocycles. The topological polar surface area (TPSA) is 127 Å². The minimum atomic E-state index is -0.652. The number of rotatable bonds is 7. The molecule has 0 aliphatic carbocycles. The molecule has 4 rings (SSSR count). The van der Waals surface area contributed by atoms with Crippen molar-refractivity contribution in [1.29, 1.82) is 5.26 Å². The van der Waals surface area contributed by atoms with E-state index in [-0.39, 0.29) is 27.7 Å². The number of carbonyl (C=O) groups excluding carboxylic acids is 1. The van der Waals surface area contributed by atoms with Gasteiger partial charge in [0.25, 0.3) is 11.6 Å². The Balaban J connectivity index is 1.84. The number of amides is 1. The third-order valence-electron chi connectivity index (χ3n) is 5.29. The minimum absolute atomic E-state index is 0.0476. The second kappa shape index (κ2) is 9.22. The van der Waals surface area contributed by atoms with Crippen LogP contribution in [0.4, 0.5) is 11.5 Å². The van der Waals surface area contributed by atoms with Gasteiger partial charge in [0.2, 0.25) is 0 Å². The van der Waals surface area contributed by atoms with Gasteiger partial charge in [-0.15, -0.1) is 0 Å². The number of unbranched alkanes of at least 4 members (excludes halogenated alkanes) is 2. The first-order valence-electron chi connectivity index (χ1n) is 10.4. The molecule has 166 valence electrons. The number of carbonyl (C=O) groups is 1. The number of anilines is 1. The zero-order valence-electron chi connectivity index (χ0n) is 17.7. The van der Waals surface area contributed by atoms with E-state index in [0.717, 1.165) is 25.3 Å². The Morgan fingerprint density at radius 1 is 1.21 bits per heavy atom. The average molecular weight is 463 g/mol. The molecule has 0 spiro atoms. The number of halogens is 1. The van der Waals surface area contributed by atoms with Crippen molar-refractivity contribution in [3.05, 3.63) is 68.7 Å². The Labute approximate surface area is 193 Å². The molecule has 1 N–H and O–H groups in total. The molecule has 10 heteroatoms. The monoisotopic (exact) mass is 462 g/mol. The van der Waals surface area contributed by atoms with E-state index >= 15 is 0 Å². The second-order valence-electron chi connectivity index (χ2n) is 7.46. The van der Waals surface area contributed by atoms with Crippen LogP contribution in [-0.2, 0) is 6.54 Å². The number of benzene rings is 2. The molecule has 0 radical (unpaired) electrons. The number of aromatic nitrogens is 3. The predicted octanol–water partition coefficient (Wildman–Crippen LogP) is 5.46. The van der Waals surface area contributed by atoms with E-state index in [2.05, 4.69) is 23.3 Å². The highest BCUT2D eigenvalue weighted by molar-refractivity contribution is 6.32. The van der Waals surface area contributed by atoms with E-state index in [1.165, 1.54) is 12.1 Å². The zero-order chi connectivity index (χ0) is 23.5. The highest BCUT2D eigenvalue weighted by Crippen LogP contribution is 2.31. The average Bonchev–Trinajstić information content (AvgIpc) is 3.09. The summed E-state index contributed by atoms with van der Waals surface area (Å²) in [5.41, 5.74) is 2.07. The van der Waals surface area contributed by atoms with Gasteiger partial charge in [0.15, 0.2) is 5.65 Å². The fourth-order valence-electron chi connectivity index (χ4n) is 3.65. The van der Waals surface area contributed by atoms with Gasteiger partial charge < -0.3 is 9.88 Å². The lowest BCUT2D eigenvalue weighted by Gasteiger charge is -2.12. The van der Waals surface area contributed by atoms with Crippen LogP contribution >= 0.6 is 11.6 Å². The van der Waals surface area contributed by atoms with E-state index in [0.29, 0.717) is 28.7 Å². The Kier molecular flexibility index (Phi) is 6.20. The largest absolute Gasteiger partial charge is 0.309 e. The smallest absolute Gasteiger partial charge is 0.288 e. The van der Waals surface area contributed by atoms with Crippen LogP contribution in [0.3, 0.4) is 0 Å². The summed E-state index contributed by atoms with van der Waals surface area (Å²) in [7, 11) is 0. The molecule has 0 unspecified atom stereocenters. The molecule has 0 fully saturated rings. The summed E-state index contributed by atoms with van der Waals surface area (Å²) in [6.45, 7) is 2.60. The Bertz CT molecular complexity index is 1440. The maximum Gasteiger partial charge on any atom is 0.288 e. The molecular weight excluding hydrogens is 444 g/mol. The van der Waals surface area contributed by atoms with Gasteiger partial charge in [-0.25, -0.2) is 9.97 Å². The summed E-state index contributed by atoms with van der Waals surface area (Å²) in [5, 5.41) is 23.8. The van der Waals surface area contributed by atoms with E-state index < -0.39 is 10.8 Å². The molecular formula is C23H19ClN6O3. The van der Waals surface area contributed by atoms with Crippen molar-refractivity contribution in [1.82, 2.24) is 14.5 Å². The van der Waals surface area contributed by atoms with Crippen LogP contribution in [0.5, 0.6) is 0 Å².